The highest BCUT2D eigenvalue weighted by atomic mass is 19.1. The maximum Gasteiger partial charge on any atom is 0.128 e. The van der Waals surface area contributed by atoms with Crippen LogP contribution in [0.3, 0.4) is 0 Å². The van der Waals surface area contributed by atoms with E-state index < -0.39 is 6.04 Å². The van der Waals surface area contributed by atoms with Crippen molar-refractivity contribution in [1.29, 1.82) is 0 Å². The van der Waals surface area contributed by atoms with Gasteiger partial charge in [-0.2, -0.15) is 0 Å². The second kappa shape index (κ2) is 3.87. The van der Waals surface area contributed by atoms with Crippen molar-refractivity contribution in [3.63, 3.8) is 0 Å². The molecule has 0 fully saturated rings. The van der Waals surface area contributed by atoms with E-state index in [2.05, 4.69) is 0 Å². The second-order valence-corrected chi connectivity index (χ2v) is 3.45. The van der Waals surface area contributed by atoms with Crippen molar-refractivity contribution >= 4 is 0 Å². The van der Waals surface area contributed by atoms with Gasteiger partial charge in [0.2, 0.25) is 0 Å². The molecule has 1 heterocycles. The van der Waals surface area contributed by atoms with Crippen LogP contribution in [0.2, 0.25) is 0 Å². The fourth-order valence-corrected chi connectivity index (χ4v) is 1.50. The molecule has 2 N–H and O–H groups in total. The predicted molar refractivity (Wildman–Crippen MR) is 55.9 cm³/mol. The molecule has 1 aromatic heterocycles. The third kappa shape index (κ3) is 1.92. The minimum atomic E-state index is -0.542. The fourth-order valence-electron chi connectivity index (χ4n) is 1.50. The molecule has 2 rings (SSSR count). The Hall–Kier alpha value is -1.61. The molecule has 1 aromatic carbocycles. The molecule has 0 aliphatic carbocycles. The van der Waals surface area contributed by atoms with Crippen molar-refractivity contribution in [2.24, 2.45) is 5.73 Å². The summed E-state index contributed by atoms with van der Waals surface area (Å²) in [5.74, 6) is 1.05. The molecule has 0 aliphatic heterocycles. The second-order valence-electron chi connectivity index (χ2n) is 3.45. The van der Waals surface area contributed by atoms with E-state index in [4.69, 9.17) is 10.2 Å². The number of halogens is 1. The maximum absolute atomic E-state index is 13.4. The Morgan fingerprint density at radius 3 is 2.53 bits per heavy atom. The molecular weight excluding hydrogens is 193 g/mol. The van der Waals surface area contributed by atoms with Crippen LogP contribution in [0, 0.1) is 12.7 Å². The number of aryl methyl sites for hydroxylation is 1. The number of rotatable bonds is 2. The Morgan fingerprint density at radius 1 is 1.20 bits per heavy atom. The normalized spacial score (nSPS) is 12.7. The summed E-state index contributed by atoms with van der Waals surface area (Å²) >= 11 is 0. The van der Waals surface area contributed by atoms with Crippen LogP contribution in [0.4, 0.5) is 4.39 Å². The predicted octanol–water partition coefficient (Wildman–Crippen LogP) is 2.78. The van der Waals surface area contributed by atoms with Gasteiger partial charge in [0, 0.05) is 5.56 Å². The summed E-state index contributed by atoms with van der Waals surface area (Å²) in [5.41, 5.74) is 6.35. The van der Waals surface area contributed by atoms with Gasteiger partial charge in [-0.25, -0.2) is 4.39 Å². The van der Waals surface area contributed by atoms with Gasteiger partial charge >= 0.3 is 0 Å². The zero-order valence-electron chi connectivity index (χ0n) is 8.41. The molecule has 15 heavy (non-hydrogen) atoms. The van der Waals surface area contributed by atoms with Crippen molar-refractivity contribution in [1.82, 2.24) is 0 Å². The number of furan rings is 1. The molecule has 0 spiro atoms. The van der Waals surface area contributed by atoms with E-state index in [1.807, 2.05) is 13.0 Å². The summed E-state index contributed by atoms with van der Waals surface area (Å²) in [4.78, 5) is 0. The first-order chi connectivity index (χ1) is 7.18. The van der Waals surface area contributed by atoms with E-state index in [0.29, 0.717) is 11.3 Å². The zero-order valence-corrected chi connectivity index (χ0v) is 8.41. The minimum Gasteiger partial charge on any atom is -0.464 e. The summed E-state index contributed by atoms with van der Waals surface area (Å²) in [7, 11) is 0. The van der Waals surface area contributed by atoms with Crippen LogP contribution in [0.5, 0.6) is 0 Å². The van der Waals surface area contributed by atoms with Crippen molar-refractivity contribution in [2.75, 3.05) is 0 Å². The van der Waals surface area contributed by atoms with E-state index in [1.165, 1.54) is 6.07 Å². The lowest BCUT2D eigenvalue weighted by Crippen LogP contribution is -2.12. The summed E-state index contributed by atoms with van der Waals surface area (Å²) in [5, 5.41) is 0. The monoisotopic (exact) mass is 205 g/mol. The van der Waals surface area contributed by atoms with Gasteiger partial charge in [0.15, 0.2) is 0 Å². The highest BCUT2D eigenvalue weighted by molar-refractivity contribution is 5.27. The standard InChI is InChI=1S/C12H12FNO/c1-8-6-7-11(15-8)12(14)9-4-2-3-5-10(9)13/h2-7,12H,14H2,1H3. The van der Waals surface area contributed by atoms with Gasteiger partial charge in [-0.05, 0) is 25.1 Å². The number of benzene rings is 1. The first-order valence-electron chi connectivity index (χ1n) is 4.75. The summed E-state index contributed by atoms with van der Waals surface area (Å²) in [6.07, 6.45) is 0. The molecule has 1 atom stereocenters. The molecular formula is C12H12FNO. The van der Waals surface area contributed by atoms with E-state index in [1.54, 1.807) is 24.3 Å². The molecule has 0 bridgehead atoms. The molecule has 0 aliphatic rings. The Balaban J connectivity index is 2.36. The Bertz CT molecular complexity index is 464. The van der Waals surface area contributed by atoms with Crippen LogP contribution < -0.4 is 5.73 Å². The van der Waals surface area contributed by atoms with E-state index >= 15 is 0 Å². The van der Waals surface area contributed by atoms with Gasteiger partial charge in [-0.1, -0.05) is 18.2 Å². The average molecular weight is 205 g/mol. The molecule has 2 aromatic rings. The molecule has 1 unspecified atom stereocenters. The lowest BCUT2D eigenvalue weighted by molar-refractivity contribution is 0.459. The van der Waals surface area contributed by atoms with Crippen LogP contribution in [-0.2, 0) is 0 Å². The largest absolute Gasteiger partial charge is 0.464 e. The lowest BCUT2D eigenvalue weighted by Gasteiger charge is -2.09. The van der Waals surface area contributed by atoms with Gasteiger partial charge in [0.25, 0.3) is 0 Å². The highest BCUT2D eigenvalue weighted by Gasteiger charge is 2.15. The van der Waals surface area contributed by atoms with E-state index in [9.17, 15) is 4.39 Å². The van der Waals surface area contributed by atoms with Gasteiger partial charge in [0.05, 0.1) is 6.04 Å². The van der Waals surface area contributed by atoms with Crippen LogP contribution >= 0.6 is 0 Å². The zero-order chi connectivity index (χ0) is 10.8. The Kier molecular flexibility index (Phi) is 2.56. The topological polar surface area (TPSA) is 39.2 Å². The highest BCUT2D eigenvalue weighted by Crippen LogP contribution is 2.23. The first-order valence-corrected chi connectivity index (χ1v) is 4.75. The van der Waals surface area contributed by atoms with Crippen LogP contribution in [0.25, 0.3) is 0 Å². The maximum atomic E-state index is 13.4. The lowest BCUT2D eigenvalue weighted by atomic mass is 10.1. The van der Waals surface area contributed by atoms with Crippen LogP contribution in [0.15, 0.2) is 40.8 Å². The minimum absolute atomic E-state index is 0.306. The Morgan fingerprint density at radius 2 is 1.93 bits per heavy atom. The van der Waals surface area contributed by atoms with Crippen molar-refractivity contribution < 1.29 is 8.81 Å². The summed E-state index contributed by atoms with van der Waals surface area (Å²) in [6, 6.07) is 9.50. The summed E-state index contributed by atoms with van der Waals surface area (Å²) < 4.78 is 18.8. The molecule has 3 heteroatoms. The molecule has 0 saturated heterocycles. The third-order valence-electron chi connectivity index (χ3n) is 2.31. The quantitative estimate of drug-likeness (QED) is 0.818. The molecule has 0 amide bonds. The average Bonchev–Trinajstić information content (AvgIpc) is 2.65. The van der Waals surface area contributed by atoms with Crippen molar-refractivity contribution in [3.05, 3.63) is 59.3 Å². The number of nitrogens with two attached hydrogens (primary N) is 1. The fraction of sp³-hybridized carbons (Fsp3) is 0.167. The Labute approximate surface area is 87.5 Å². The molecule has 0 radical (unpaired) electrons. The number of hydrogen-bond acceptors (Lipinski definition) is 2. The van der Waals surface area contributed by atoms with Gasteiger partial charge in [-0.15, -0.1) is 0 Å². The van der Waals surface area contributed by atoms with Gasteiger partial charge in [-0.3, -0.25) is 0 Å². The molecule has 2 nitrogen and oxygen atoms in total. The van der Waals surface area contributed by atoms with Crippen LogP contribution in [-0.4, -0.2) is 0 Å². The number of hydrogen-bond donors (Lipinski definition) is 1. The van der Waals surface area contributed by atoms with Crippen molar-refractivity contribution in [3.8, 4) is 0 Å². The van der Waals surface area contributed by atoms with E-state index in [0.717, 1.165) is 5.76 Å². The smallest absolute Gasteiger partial charge is 0.128 e. The SMILES string of the molecule is Cc1ccc(C(N)c2ccccc2F)o1. The molecule has 0 saturated carbocycles. The van der Waals surface area contributed by atoms with Crippen LogP contribution in [0.1, 0.15) is 23.1 Å². The summed E-state index contributed by atoms with van der Waals surface area (Å²) in [6.45, 7) is 1.83. The first kappa shape index (κ1) is 9.93. The molecule has 78 valence electrons. The third-order valence-corrected chi connectivity index (χ3v) is 2.31. The van der Waals surface area contributed by atoms with Gasteiger partial charge in [0.1, 0.15) is 17.3 Å². The van der Waals surface area contributed by atoms with Crippen molar-refractivity contribution in [2.45, 2.75) is 13.0 Å². The van der Waals surface area contributed by atoms with Gasteiger partial charge < -0.3 is 10.2 Å². The van der Waals surface area contributed by atoms with E-state index in [-0.39, 0.29) is 5.82 Å².